The summed E-state index contributed by atoms with van der Waals surface area (Å²) in [5.74, 6) is 0.824. The Kier molecular flexibility index (Phi) is 3.72. The van der Waals surface area contributed by atoms with Gasteiger partial charge in [0, 0.05) is 18.3 Å². The Labute approximate surface area is 120 Å². The first-order valence-electron chi connectivity index (χ1n) is 7.95. The molecule has 110 valence electrons. The summed E-state index contributed by atoms with van der Waals surface area (Å²) >= 11 is 0. The highest BCUT2D eigenvalue weighted by Crippen LogP contribution is 2.37. The molecule has 0 aliphatic heterocycles. The van der Waals surface area contributed by atoms with Crippen LogP contribution in [0.2, 0.25) is 0 Å². The van der Waals surface area contributed by atoms with Crippen LogP contribution in [0.5, 0.6) is 0 Å². The SMILES string of the molecule is CCC1CCCC(NC(=O)c2cc(N)cn2C2CC2)C1. The fraction of sp³-hybridized carbons (Fsp3) is 0.688. The monoisotopic (exact) mass is 275 g/mol. The van der Waals surface area contributed by atoms with Gasteiger partial charge in [0.05, 0.1) is 5.69 Å². The van der Waals surface area contributed by atoms with Crippen LogP contribution in [0, 0.1) is 5.92 Å². The fourth-order valence-electron chi connectivity index (χ4n) is 3.39. The summed E-state index contributed by atoms with van der Waals surface area (Å²) in [5, 5.41) is 3.22. The second kappa shape index (κ2) is 5.51. The van der Waals surface area contributed by atoms with Crippen LogP contribution in [0.25, 0.3) is 0 Å². The van der Waals surface area contributed by atoms with Crippen LogP contribution in [0.4, 0.5) is 5.69 Å². The van der Waals surface area contributed by atoms with Gasteiger partial charge in [-0.25, -0.2) is 0 Å². The number of carbonyl (C=O) groups is 1. The zero-order valence-electron chi connectivity index (χ0n) is 12.3. The lowest BCUT2D eigenvalue weighted by Crippen LogP contribution is -2.39. The van der Waals surface area contributed by atoms with Gasteiger partial charge < -0.3 is 15.6 Å². The molecule has 2 saturated carbocycles. The van der Waals surface area contributed by atoms with Crippen molar-refractivity contribution in [1.82, 2.24) is 9.88 Å². The summed E-state index contributed by atoms with van der Waals surface area (Å²) in [6.07, 6.45) is 10.2. The summed E-state index contributed by atoms with van der Waals surface area (Å²) in [6.45, 7) is 2.24. The lowest BCUT2D eigenvalue weighted by molar-refractivity contribution is 0.0909. The van der Waals surface area contributed by atoms with Gasteiger partial charge in [0.25, 0.3) is 5.91 Å². The number of anilines is 1. The van der Waals surface area contributed by atoms with Crippen molar-refractivity contribution < 1.29 is 4.79 Å². The zero-order valence-corrected chi connectivity index (χ0v) is 12.3. The van der Waals surface area contributed by atoms with Gasteiger partial charge >= 0.3 is 0 Å². The van der Waals surface area contributed by atoms with E-state index in [9.17, 15) is 4.79 Å². The minimum absolute atomic E-state index is 0.0513. The molecular formula is C16H25N3O. The number of nitrogens with two attached hydrogens (primary N) is 1. The summed E-state index contributed by atoms with van der Waals surface area (Å²) < 4.78 is 2.06. The van der Waals surface area contributed by atoms with E-state index in [1.54, 1.807) is 0 Å². The number of nitrogens with one attached hydrogen (secondary N) is 1. The smallest absolute Gasteiger partial charge is 0.268 e. The van der Waals surface area contributed by atoms with E-state index in [2.05, 4.69) is 16.8 Å². The van der Waals surface area contributed by atoms with Gasteiger partial charge in [0.2, 0.25) is 0 Å². The molecule has 3 N–H and O–H groups in total. The highest BCUT2D eigenvalue weighted by molar-refractivity contribution is 5.94. The molecule has 4 nitrogen and oxygen atoms in total. The van der Waals surface area contributed by atoms with Gasteiger partial charge in [-0.3, -0.25) is 4.79 Å². The van der Waals surface area contributed by atoms with Crippen molar-refractivity contribution in [3.05, 3.63) is 18.0 Å². The van der Waals surface area contributed by atoms with Crippen LogP contribution in [-0.2, 0) is 0 Å². The van der Waals surface area contributed by atoms with Crippen molar-refractivity contribution in [1.29, 1.82) is 0 Å². The van der Waals surface area contributed by atoms with E-state index in [1.807, 2.05) is 12.3 Å². The van der Waals surface area contributed by atoms with E-state index >= 15 is 0 Å². The molecule has 0 aromatic carbocycles. The summed E-state index contributed by atoms with van der Waals surface area (Å²) in [5.41, 5.74) is 7.29. The normalized spacial score (nSPS) is 26.4. The van der Waals surface area contributed by atoms with E-state index in [4.69, 9.17) is 5.73 Å². The number of nitrogen functional groups attached to an aromatic ring is 1. The molecular weight excluding hydrogens is 250 g/mol. The third kappa shape index (κ3) is 2.84. The third-order valence-electron chi connectivity index (χ3n) is 4.74. The number of aromatic nitrogens is 1. The molecule has 2 unspecified atom stereocenters. The number of hydrogen-bond donors (Lipinski definition) is 2. The number of rotatable bonds is 4. The van der Waals surface area contributed by atoms with Crippen LogP contribution in [0.3, 0.4) is 0 Å². The minimum Gasteiger partial charge on any atom is -0.397 e. The largest absolute Gasteiger partial charge is 0.397 e. The van der Waals surface area contributed by atoms with E-state index in [0.717, 1.165) is 37.3 Å². The zero-order chi connectivity index (χ0) is 14.1. The number of amides is 1. The highest BCUT2D eigenvalue weighted by atomic mass is 16.2. The average Bonchev–Trinajstić information content (AvgIpc) is 3.21. The summed E-state index contributed by atoms with van der Waals surface area (Å²) in [6, 6.07) is 2.64. The van der Waals surface area contributed by atoms with Crippen LogP contribution in [0.1, 0.15) is 68.4 Å². The molecule has 1 heterocycles. The van der Waals surface area contributed by atoms with Crippen LogP contribution in [-0.4, -0.2) is 16.5 Å². The summed E-state index contributed by atoms with van der Waals surface area (Å²) in [7, 11) is 0. The maximum absolute atomic E-state index is 12.5. The molecule has 0 saturated heterocycles. The lowest BCUT2D eigenvalue weighted by atomic mass is 9.84. The van der Waals surface area contributed by atoms with Crippen LogP contribution < -0.4 is 11.1 Å². The number of nitrogens with zero attached hydrogens (tertiary/aromatic N) is 1. The average molecular weight is 275 g/mol. The van der Waals surface area contributed by atoms with Gasteiger partial charge in [0.15, 0.2) is 0 Å². The van der Waals surface area contributed by atoms with Gasteiger partial charge in [-0.2, -0.15) is 0 Å². The van der Waals surface area contributed by atoms with E-state index in [-0.39, 0.29) is 5.91 Å². The molecule has 0 spiro atoms. The maximum Gasteiger partial charge on any atom is 0.268 e. The molecule has 0 bridgehead atoms. The highest BCUT2D eigenvalue weighted by Gasteiger charge is 2.29. The molecule has 3 rings (SSSR count). The molecule has 20 heavy (non-hydrogen) atoms. The standard InChI is InChI=1S/C16H25N3O/c1-2-11-4-3-5-13(8-11)18-16(20)15-9-12(17)10-19(15)14-6-7-14/h9-11,13-14H,2-8,17H2,1H3,(H,18,20). The maximum atomic E-state index is 12.5. The van der Waals surface area contributed by atoms with Gasteiger partial charge in [-0.15, -0.1) is 0 Å². The molecule has 4 heteroatoms. The Morgan fingerprint density at radius 1 is 1.40 bits per heavy atom. The Morgan fingerprint density at radius 3 is 2.90 bits per heavy atom. The second-order valence-electron chi connectivity index (χ2n) is 6.41. The van der Waals surface area contributed by atoms with Crippen molar-refractivity contribution in [3.8, 4) is 0 Å². The van der Waals surface area contributed by atoms with Crippen molar-refractivity contribution in [3.63, 3.8) is 0 Å². The minimum atomic E-state index is 0.0513. The van der Waals surface area contributed by atoms with Crippen molar-refractivity contribution in [2.45, 2.75) is 64.0 Å². The molecule has 2 aliphatic carbocycles. The molecule has 2 aliphatic rings. The Morgan fingerprint density at radius 2 is 2.20 bits per heavy atom. The Balaban J connectivity index is 1.67. The second-order valence-corrected chi connectivity index (χ2v) is 6.41. The molecule has 1 aromatic heterocycles. The number of hydrogen-bond acceptors (Lipinski definition) is 2. The molecule has 1 aromatic rings. The molecule has 2 atom stereocenters. The third-order valence-corrected chi connectivity index (χ3v) is 4.74. The Hall–Kier alpha value is -1.45. The van der Waals surface area contributed by atoms with Crippen LogP contribution >= 0.6 is 0 Å². The number of carbonyl (C=O) groups excluding carboxylic acids is 1. The molecule has 2 fully saturated rings. The van der Waals surface area contributed by atoms with E-state index in [0.29, 0.717) is 17.8 Å². The van der Waals surface area contributed by atoms with Crippen molar-refractivity contribution in [2.24, 2.45) is 5.92 Å². The quantitative estimate of drug-likeness (QED) is 0.887. The van der Waals surface area contributed by atoms with E-state index < -0.39 is 0 Å². The van der Waals surface area contributed by atoms with Crippen LogP contribution in [0.15, 0.2) is 12.3 Å². The predicted octanol–water partition coefficient (Wildman–Crippen LogP) is 3.10. The molecule has 0 radical (unpaired) electrons. The topological polar surface area (TPSA) is 60.1 Å². The van der Waals surface area contributed by atoms with Gasteiger partial charge in [-0.1, -0.05) is 26.2 Å². The fourth-order valence-corrected chi connectivity index (χ4v) is 3.39. The molecule has 1 amide bonds. The summed E-state index contributed by atoms with van der Waals surface area (Å²) in [4.78, 5) is 12.5. The lowest BCUT2D eigenvalue weighted by Gasteiger charge is -2.29. The van der Waals surface area contributed by atoms with E-state index in [1.165, 1.54) is 19.3 Å². The first-order valence-corrected chi connectivity index (χ1v) is 7.95. The first kappa shape index (κ1) is 13.5. The Bertz CT molecular complexity index is 490. The van der Waals surface area contributed by atoms with Crippen molar-refractivity contribution >= 4 is 11.6 Å². The van der Waals surface area contributed by atoms with Crippen molar-refractivity contribution in [2.75, 3.05) is 5.73 Å². The first-order chi connectivity index (χ1) is 9.67. The van der Waals surface area contributed by atoms with Gasteiger partial charge in [0.1, 0.15) is 5.69 Å². The predicted molar refractivity (Wildman–Crippen MR) is 80.6 cm³/mol. The van der Waals surface area contributed by atoms with Gasteiger partial charge in [-0.05, 0) is 37.7 Å².